The lowest BCUT2D eigenvalue weighted by molar-refractivity contribution is 0.324. The summed E-state index contributed by atoms with van der Waals surface area (Å²) < 4.78 is 0. The molecule has 0 amide bonds. The van der Waals surface area contributed by atoms with Crippen LogP contribution in [0.5, 0.6) is 0 Å². The maximum absolute atomic E-state index is 4.96. The number of thioether (sulfide) groups is 1. The van der Waals surface area contributed by atoms with Gasteiger partial charge in [0.25, 0.3) is 0 Å². The minimum absolute atomic E-state index is 1.07. The van der Waals surface area contributed by atoms with Gasteiger partial charge in [-0.05, 0) is 24.5 Å². The third kappa shape index (κ3) is 3.97. The van der Waals surface area contributed by atoms with E-state index in [-0.39, 0.29) is 0 Å². The van der Waals surface area contributed by atoms with Crippen LogP contribution in [-0.4, -0.2) is 35.3 Å². The van der Waals surface area contributed by atoms with Crippen molar-refractivity contribution in [3.63, 3.8) is 0 Å². The van der Waals surface area contributed by atoms with Crippen LogP contribution in [0.25, 0.3) is 22.0 Å². The van der Waals surface area contributed by atoms with Gasteiger partial charge in [-0.15, -0.1) is 11.8 Å². The first-order valence-corrected chi connectivity index (χ1v) is 9.60. The van der Waals surface area contributed by atoms with E-state index < -0.39 is 0 Å². The quantitative estimate of drug-likeness (QED) is 0.542. The van der Waals surface area contributed by atoms with Gasteiger partial charge >= 0.3 is 0 Å². The Bertz CT molecular complexity index is 782. The van der Waals surface area contributed by atoms with Crippen LogP contribution < -0.4 is 0 Å². The lowest BCUT2D eigenvalue weighted by Crippen LogP contribution is -2.25. The van der Waals surface area contributed by atoms with Crippen molar-refractivity contribution in [3.05, 3.63) is 60.7 Å². The highest BCUT2D eigenvalue weighted by Gasteiger charge is 2.09. The standard InChI is InChI=1S/C21H24N2S/c1-3-23(4-2)14-15-24-20-16-18-12-8-9-13-19(18)21(22-20)17-10-6-5-7-11-17/h5-13,16H,3-4,14-15H2,1-2H3. The van der Waals surface area contributed by atoms with Crippen LogP contribution >= 0.6 is 11.8 Å². The van der Waals surface area contributed by atoms with Crippen molar-refractivity contribution in [1.82, 2.24) is 9.88 Å². The molecule has 1 aromatic heterocycles. The van der Waals surface area contributed by atoms with Crippen molar-refractivity contribution in [1.29, 1.82) is 0 Å². The molecule has 124 valence electrons. The fourth-order valence-corrected chi connectivity index (χ4v) is 3.81. The van der Waals surface area contributed by atoms with Gasteiger partial charge in [0.1, 0.15) is 0 Å². The molecule has 2 nitrogen and oxygen atoms in total. The Morgan fingerprint density at radius 1 is 0.917 bits per heavy atom. The SMILES string of the molecule is CCN(CC)CCSc1cc2ccccc2c(-c2ccccc2)n1. The minimum Gasteiger partial charge on any atom is -0.303 e. The Labute approximate surface area is 148 Å². The van der Waals surface area contributed by atoms with Crippen LogP contribution in [0.1, 0.15) is 13.8 Å². The summed E-state index contributed by atoms with van der Waals surface area (Å²) in [4.78, 5) is 7.41. The Hall–Kier alpha value is -1.84. The van der Waals surface area contributed by atoms with E-state index in [9.17, 15) is 0 Å². The second-order valence-corrected chi connectivity index (χ2v) is 6.89. The highest BCUT2D eigenvalue weighted by atomic mass is 32.2. The van der Waals surface area contributed by atoms with Gasteiger partial charge < -0.3 is 4.90 Å². The van der Waals surface area contributed by atoms with Gasteiger partial charge in [0, 0.05) is 23.2 Å². The predicted octanol–water partition coefficient (Wildman–Crippen LogP) is 5.34. The zero-order valence-electron chi connectivity index (χ0n) is 14.4. The summed E-state index contributed by atoms with van der Waals surface area (Å²) in [5, 5.41) is 3.59. The molecule has 0 unspecified atom stereocenters. The molecule has 24 heavy (non-hydrogen) atoms. The van der Waals surface area contributed by atoms with E-state index >= 15 is 0 Å². The number of hydrogen-bond acceptors (Lipinski definition) is 3. The summed E-state index contributed by atoms with van der Waals surface area (Å²) in [7, 11) is 0. The average Bonchev–Trinajstić information content (AvgIpc) is 2.65. The molecule has 3 heteroatoms. The van der Waals surface area contributed by atoms with Crippen LogP contribution in [0.3, 0.4) is 0 Å². The first-order chi connectivity index (χ1) is 11.8. The number of pyridine rings is 1. The van der Waals surface area contributed by atoms with Gasteiger partial charge in [0.05, 0.1) is 10.7 Å². The topological polar surface area (TPSA) is 16.1 Å². The fourth-order valence-electron chi connectivity index (χ4n) is 2.88. The van der Waals surface area contributed by atoms with Gasteiger partial charge in [-0.3, -0.25) is 0 Å². The van der Waals surface area contributed by atoms with E-state index in [4.69, 9.17) is 4.98 Å². The van der Waals surface area contributed by atoms with Gasteiger partial charge in [-0.2, -0.15) is 0 Å². The van der Waals surface area contributed by atoms with Crippen LogP contribution in [0.15, 0.2) is 65.7 Å². The van der Waals surface area contributed by atoms with Gasteiger partial charge in [-0.25, -0.2) is 4.98 Å². The predicted molar refractivity (Wildman–Crippen MR) is 106 cm³/mol. The molecule has 0 atom stereocenters. The van der Waals surface area contributed by atoms with Crippen LogP contribution in [-0.2, 0) is 0 Å². The van der Waals surface area contributed by atoms with Gasteiger partial charge in [0.2, 0.25) is 0 Å². The van der Waals surface area contributed by atoms with E-state index in [1.807, 2.05) is 17.8 Å². The van der Waals surface area contributed by atoms with Crippen molar-refractivity contribution in [3.8, 4) is 11.3 Å². The Morgan fingerprint density at radius 3 is 2.38 bits per heavy atom. The molecule has 0 aliphatic carbocycles. The number of hydrogen-bond donors (Lipinski definition) is 0. The van der Waals surface area contributed by atoms with E-state index in [0.717, 1.165) is 36.1 Å². The number of benzene rings is 2. The highest BCUT2D eigenvalue weighted by molar-refractivity contribution is 7.99. The first-order valence-electron chi connectivity index (χ1n) is 8.62. The number of aromatic nitrogens is 1. The molecule has 3 rings (SSSR count). The number of fused-ring (bicyclic) bond motifs is 1. The third-order valence-electron chi connectivity index (χ3n) is 4.32. The van der Waals surface area contributed by atoms with Gasteiger partial charge in [0.15, 0.2) is 0 Å². The smallest absolute Gasteiger partial charge is 0.0974 e. The molecule has 0 saturated heterocycles. The van der Waals surface area contributed by atoms with Crippen molar-refractivity contribution < 1.29 is 0 Å². The molecule has 0 N–H and O–H groups in total. The Balaban J connectivity index is 1.90. The first kappa shape index (κ1) is 17.0. The van der Waals surface area contributed by atoms with Crippen LogP contribution in [0.2, 0.25) is 0 Å². The molecule has 0 aliphatic rings. The number of nitrogens with zero attached hydrogens (tertiary/aromatic N) is 2. The van der Waals surface area contributed by atoms with E-state index in [1.165, 1.54) is 16.3 Å². The molecule has 0 radical (unpaired) electrons. The highest BCUT2D eigenvalue weighted by Crippen LogP contribution is 2.30. The maximum atomic E-state index is 4.96. The lowest BCUT2D eigenvalue weighted by atomic mass is 10.0. The zero-order valence-corrected chi connectivity index (χ0v) is 15.2. The Morgan fingerprint density at radius 2 is 1.62 bits per heavy atom. The van der Waals surface area contributed by atoms with E-state index in [0.29, 0.717) is 0 Å². The summed E-state index contributed by atoms with van der Waals surface area (Å²) in [5.74, 6) is 1.07. The molecule has 0 aliphatic heterocycles. The van der Waals surface area contributed by atoms with E-state index in [1.54, 1.807) is 0 Å². The third-order valence-corrected chi connectivity index (χ3v) is 5.21. The summed E-state index contributed by atoms with van der Waals surface area (Å²) >= 11 is 1.85. The van der Waals surface area contributed by atoms with Crippen molar-refractivity contribution >= 4 is 22.5 Å². The zero-order chi connectivity index (χ0) is 16.8. The minimum atomic E-state index is 1.07. The summed E-state index contributed by atoms with van der Waals surface area (Å²) in [6.07, 6.45) is 0. The molecular formula is C21H24N2S. The second kappa shape index (κ2) is 8.32. The van der Waals surface area contributed by atoms with Gasteiger partial charge in [-0.1, -0.05) is 68.4 Å². The molecule has 3 aromatic rings. The maximum Gasteiger partial charge on any atom is 0.0974 e. The number of rotatable bonds is 7. The molecule has 2 aromatic carbocycles. The summed E-state index contributed by atoms with van der Waals surface area (Å²) in [6, 6.07) is 21.2. The molecule has 0 saturated carbocycles. The van der Waals surface area contributed by atoms with Crippen molar-refractivity contribution in [2.45, 2.75) is 18.9 Å². The monoisotopic (exact) mass is 336 g/mol. The summed E-state index contributed by atoms with van der Waals surface area (Å²) in [5.41, 5.74) is 2.26. The Kier molecular flexibility index (Phi) is 5.89. The average molecular weight is 337 g/mol. The molecule has 1 heterocycles. The van der Waals surface area contributed by atoms with E-state index in [2.05, 4.69) is 73.3 Å². The lowest BCUT2D eigenvalue weighted by Gasteiger charge is -2.17. The van der Waals surface area contributed by atoms with Crippen LogP contribution in [0.4, 0.5) is 0 Å². The molecular weight excluding hydrogens is 312 g/mol. The second-order valence-electron chi connectivity index (χ2n) is 5.77. The normalized spacial score (nSPS) is 11.3. The van der Waals surface area contributed by atoms with Crippen molar-refractivity contribution in [2.75, 3.05) is 25.4 Å². The summed E-state index contributed by atoms with van der Waals surface area (Å²) in [6.45, 7) is 7.76. The molecule has 0 spiro atoms. The van der Waals surface area contributed by atoms with Crippen LogP contribution in [0, 0.1) is 0 Å². The largest absolute Gasteiger partial charge is 0.303 e. The van der Waals surface area contributed by atoms with Crippen molar-refractivity contribution in [2.24, 2.45) is 0 Å². The molecule has 0 fully saturated rings. The molecule has 0 bridgehead atoms. The fraction of sp³-hybridized carbons (Fsp3) is 0.286.